The first kappa shape index (κ1) is 21.0. The molecule has 3 rings (SSSR count). The fourth-order valence-electron chi connectivity index (χ4n) is 4.78. The molecule has 2 fully saturated rings. The molecule has 154 valence electrons. The first-order chi connectivity index (χ1) is 13.3. The zero-order chi connectivity index (χ0) is 20.4. The van der Waals surface area contributed by atoms with Gasteiger partial charge in [0.25, 0.3) is 0 Å². The second kappa shape index (κ2) is 8.31. The van der Waals surface area contributed by atoms with Crippen LogP contribution in [0.15, 0.2) is 23.8 Å². The van der Waals surface area contributed by atoms with E-state index in [4.69, 9.17) is 9.47 Å². The van der Waals surface area contributed by atoms with Crippen LogP contribution in [0.5, 0.6) is 11.5 Å². The summed E-state index contributed by atoms with van der Waals surface area (Å²) in [6, 6.07) is 6.01. The molecule has 0 radical (unpaired) electrons. The third-order valence-electron chi connectivity index (χ3n) is 7.18. The molecule has 2 unspecified atom stereocenters. The van der Waals surface area contributed by atoms with Crippen LogP contribution < -0.4 is 9.47 Å². The van der Waals surface area contributed by atoms with Crippen molar-refractivity contribution in [3.8, 4) is 11.5 Å². The molecule has 3 heteroatoms. The Morgan fingerprint density at radius 3 is 2.36 bits per heavy atom. The van der Waals surface area contributed by atoms with Crippen LogP contribution in [0.3, 0.4) is 0 Å². The predicted molar refractivity (Wildman–Crippen MR) is 115 cm³/mol. The van der Waals surface area contributed by atoms with Gasteiger partial charge in [-0.3, -0.25) is 4.79 Å². The second-order valence-electron chi connectivity index (χ2n) is 9.18. The Morgan fingerprint density at radius 2 is 1.75 bits per heavy atom. The van der Waals surface area contributed by atoms with Gasteiger partial charge in [-0.2, -0.15) is 0 Å². The number of Topliss-reactive ketones (excluding diaryl/α,β-unsaturated/α-hetero) is 1. The molecular weight excluding hydrogens is 348 g/mol. The zero-order valence-electron chi connectivity index (χ0n) is 18.3. The fraction of sp³-hybridized carbons (Fsp3) is 0.640. The molecule has 0 heterocycles. The van der Waals surface area contributed by atoms with Gasteiger partial charge in [-0.25, -0.2) is 0 Å². The second-order valence-corrected chi connectivity index (χ2v) is 9.18. The quantitative estimate of drug-likeness (QED) is 0.362. The summed E-state index contributed by atoms with van der Waals surface area (Å²) in [5.41, 5.74) is 1.74. The van der Waals surface area contributed by atoms with Gasteiger partial charge in [0.2, 0.25) is 0 Å². The summed E-state index contributed by atoms with van der Waals surface area (Å²) < 4.78 is 12.0. The van der Waals surface area contributed by atoms with Gasteiger partial charge in [0.05, 0.1) is 13.2 Å². The van der Waals surface area contributed by atoms with Gasteiger partial charge in [-0.1, -0.05) is 47.5 Å². The molecule has 0 aromatic heterocycles. The van der Waals surface area contributed by atoms with Crippen molar-refractivity contribution >= 4 is 11.9 Å². The summed E-state index contributed by atoms with van der Waals surface area (Å²) in [6.07, 6.45) is 8.46. The molecule has 0 aliphatic heterocycles. The molecule has 3 nitrogen and oxygen atoms in total. The third kappa shape index (κ3) is 3.60. The number of allylic oxidation sites excluding steroid dienone is 1. The summed E-state index contributed by atoms with van der Waals surface area (Å²) in [7, 11) is 0. The summed E-state index contributed by atoms with van der Waals surface area (Å²) >= 11 is 0. The average Bonchev–Trinajstić information content (AvgIpc) is 2.97. The van der Waals surface area contributed by atoms with Crippen molar-refractivity contribution < 1.29 is 14.3 Å². The summed E-state index contributed by atoms with van der Waals surface area (Å²) in [6.45, 7) is 12.4. The minimum absolute atomic E-state index is 0.0222. The van der Waals surface area contributed by atoms with Crippen molar-refractivity contribution in [1.29, 1.82) is 0 Å². The molecular formula is C25H36O3. The van der Waals surface area contributed by atoms with Crippen molar-refractivity contribution in [2.24, 2.45) is 16.7 Å². The molecule has 1 aromatic rings. The number of benzene rings is 1. The lowest BCUT2D eigenvalue weighted by Gasteiger charge is -2.31. The van der Waals surface area contributed by atoms with E-state index in [-0.39, 0.29) is 10.8 Å². The van der Waals surface area contributed by atoms with Gasteiger partial charge in [-0.05, 0) is 61.3 Å². The summed E-state index contributed by atoms with van der Waals surface area (Å²) in [5.74, 6) is 2.36. The smallest absolute Gasteiger partial charge is 0.165 e. The number of ether oxygens (including phenoxy) is 2. The molecule has 28 heavy (non-hydrogen) atoms. The molecule has 0 amide bonds. The number of rotatable bonds is 9. The van der Waals surface area contributed by atoms with Crippen molar-refractivity contribution in [2.75, 3.05) is 13.2 Å². The van der Waals surface area contributed by atoms with Crippen molar-refractivity contribution in [3.05, 3.63) is 29.3 Å². The molecule has 2 saturated carbocycles. The highest BCUT2D eigenvalue weighted by Gasteiger charge is 2.63. The van der Waals surface area contributed by atoms with Gasteiger partial charge in [-0.15, -0.1) is 0 Å². The van der Waals surface area contributed by atoms with Crippen molar-refractivity contribution in [2.45, 2.75) is 73.1 Å². The van der Waals surface area contributed by atoms with E-state index in [1.54, 1.807) is 0 Å². The van der Waals surface area contributed by atoms with Crippen LogP contribution in [0.25, 0.3) is 6.08 Å². The van der Waals surface area contributed by atoms with E-state index in [9.17, 15) is 4.79 Å². The topological polar surface area (TPSA) is 35.5 Å². The number of hydrogen-bond donors (Lipinski definition) is 0. The third-order valence-corrected chi connectivity index (χ3v) is 7.18. The normalized spacial score (nSPS) is 26.8. The van der Waals surface area contributed by atoms with Gasteiger partial charge in [0.15, 0.2) is 5.78 Å². The first-order valence-electron chi connectivity index (χ1n) is 11.0. The van der Waals surface area contributed by atoms with E-state index in [1.165, 1.54) is 0 Å². The van der Waals surface area contributed by atoms with Crippen LogP contribution in [0.1, 0.15) is 78.7 Å². The van der Waals surface area contributed by atoms with Gasteiger partial charge >= 0.3 is 0 Å². The molecule has 2 atom stereocenters. The highest BCUT2D eigenvalue weighted by Crippen LogP contribution is 2.65. The zero-order valence-corrected chi connectivity index (χ0v) is 18.3. The van der Waals surface area contributed by atoms with Crippen molar-refractivity contribution in [3.63, 3.8) is 0 Å². The minimum Gasteiger partial charge on any atom is -0.494 e. The molecule has 0 spiro atoms. The monoisotopic (exact) mass is 384 g/mol. The predicted octanol–water partition coefficient (Wildman–Crippen LogP) is 6.45. The van der Waals surface area contributed by atoms with E-state index >= 15 is 0 Å². The van der Waals surface area contributed by atoms with Gasteiger partial charge in [0.1, 0.15) is 11.5 Å². The Morgan fingerprint density at radius 1 is 1.07 bits per heavy atom. The highest BCUT2D eigenvalue weighted by atomic mass is 16.5. The number of hydrogen-bond acceptors (Lipinski definition) is 3. The summed E-state index contributed by atoms with van der Waals surface area (Å²) in [5, 5.41) is 0. The molecule has 0 saturated heterocycles. The van der Waals surface area contributed by atoms with Gasteiger partial charge in [0, 0.05) is 16.6 Å². The maximum atomic E-state index is 13.2. The number of ketones is 1. The number of carbonyl (C=O) groups excluding carboxylic acids is 1. The summed E-state index contributed by atoms with van der Waals surface area (Å²) in [4.78, 5) is 13.2. The van der Waals surface area contributed by atoms with E-state index < -0.39 is 0 Å². The Balaban J connectivity index is 1.93. The lowest BCUT2D eigenvalue weighted by molar-refractivity contribution is -0.125. The standard InChI is InChI=1S/C25H36O3/c1-6-8-14-27-19-10-11-22(28-15-9-7-2)18(16-19)17-20-21-12-13-25(5,23(20)26)24(21,3)4/h10-11,16-17,21H,6-9,12-15H2,1-5H3. The van der Waals surface area contributed by atoms with E-state index in [0.29, 0.717) is 18.3 Å². The Kier molecular flexibility index (Phi) is 6.21. The van der Waals surface area contributed by atoms with E-state index in [0.717, 1.165) is 67.8 Å². The van der Waals surface area contributed by atoms with Crippen molar-refractivity contribution in [1.82, 2.24) is 0 Å². The average molecular weight is 385 g/mol. The lowest BCUT2D eigenvalue weighted by atomic mass is 9.70. The number of carbonyl (C=O) groups is 1. The molecule has 2 bridgehead atoms. The fourth-order valence-corrected chi connectivity index (χ4v) is 4.78. The maximum Gasteiger partial charge on any atom is 0.165 e. The largest absolute Gasteiger partial charge is 0.494 e. The van der Waals surface area contributed by atoms with E-state index in [2.05, 4.69) is 40.7 Å². The van der Waals surface area contributed by atoms with Crippen LogP contribution in [-0.4, -0.2) is 19.0 Å². The van der Waals surface area contributed by atoms with Crippen LogP contribution in [-0.2, 0) is 4.79 Å². The Labute approximate surface area is 170 Å². The number of unbranched alkanes of at least 4 members (excludes halogenated alkanes) is 2. The van der Waals surface area contributed by atoms with Crippen LogP contribution in [0, 0.1) is 16.7 Å². The Bertz CT molecular complexity index is 746. The number of fused-ring (bicyclic) bond motifs is 2. The van der Waals surface area contributed by atoms with Crippen LogP contribution in [0.4, 0.5) is 0 Å². The molecule has 1 aromatic carbocycles. The molecule has 0 N–H and O–H groups in total. The SMILES string of the molecule is CCCCOc1ccc(OCCCC)c(C=C2C(=O)C3(C)CCC2C3(C)C)c1. The first-order valence-corrected chi connectivity index (χ1v) is 11.0. The van der Waals surface area contributed by atoms with Gasteiger partial charge < -0.3 is 9.47 Å². The molecule has 2 aliphatic rings. The van der Waals surface area contributed by atoms with Crippen LogP contribution >= 0.6 is 0 Å². The minimum atomic E-state index is -0.234. The van der Waals surface area contributed by atoms with E-state index in [1.807, 2.05) is 18.2 Å². The lowest BCUT2D eigenvalue weighted by Crippen LogP contribution is -2.32. The maximum absolute atomic E-state index is 13.2. The Hall–Kier alpha value is -1.77. The molecule has 2 aliphatic carbocycles. The highest BCUT2D eigenvalue weighted by molar-refractivity contribution is 6.08. The van der Waals surface area contributed by atoms with Crippen LogP contribution in [0.2, 0.25) is 0 Å².